The lowest BCUT2D eigenvalue weighted by Crippen LogP contribution is -2.51. The molecule has 0 aliphatic heterocycles. The maximum Gasteiger partial charge on any atom is 0.314 e. The van der Waals surface area contributed by atoms with Crippen molar-refractivity contribution in [3.63, 3.8) is 0 Å². The Hall–Kier alpha value is -2.18. The molecule has 132 valence electrons. The predicted octanol–water partition coefficient (Wildman–Crippen LogP) is 2.72. The lowest BCUT2D eigenvalue weighted by atomic mass is 9.74. The molecule has 1 aliphatic rings. The molecule has 0 bridgehead atoms. The third-order valence-corrected chi connectivity index (χ3v) is 5.29. The van der Waals surface area contributed by atoms with Gasteiger partial charge in [-0.1, -0.05) is 29.8 Å². The quantitative estimate of drug-likeness (QED) is 0.847. The Labute approximate surface area is 151 Å². The summed E-state index contributed by atoms with van der Waals surface area (Å²) in [6, 6.07) is 7.33. The van der Waals surface area contributed by atoms with Crippen LogP contribution in [0.25, 0.3) is 6.08 Å². The molecule has 0 saturated heterocycles. The smallest absolute Gasteiger partial charge is 0.314 e. The van der Waals surface area contributed by atoms with Crippen molar-refractivity contribution in [2.45, 2.75) is 31.9 Å². The van der Waals surface area contributed by atoms with E-state index in [0.29, 0.717) is 17.9 Å². The normalized spacial score (nSPS) is 27.6. The first-order chi connectivity index (χ1) is 11.9. The molecule has 7 heteroatoms. The van der Waals surface area contributed by atoms with Gasteiger partial charge in [0.05, 0.1) is 19.1 Å². The molecule has 1 saturated carbocycles. The number of carbonyl (C=O) groups is 1. The predicted molar refractivity (Wildman–Crippen MR) is 93.8 cm³/mol. The average molecular weight is 362 g/mol. The number of rotatable bonds is 4. The van der Waals surface area contributed by atoms with Crippen molar-refractivity contribution in [3.8, 4) is 0 Å². The Balaban J connectivity index is 2.04. The summed E-state index contributed by atoms with van der Waals surface area (Å²) in [6.07, 6.45) is 5.90. The first-order valence-electron chi connectivity index (χ1n) is 7.99. The van der Waals surface area contributed by atoms with E-state index in [0.717, 1.165) is 11.1 Å². The molecular formula is C18H20ClN3O3. The summed E-state index contributed by atoms with van der Waals surface area (Å²) in [4.78, 5) is 16.4. The van der Waals surface area contributed by atoms with Crippen molar-refractivity contribution < 1.29 is 14.6 Å². The van der Waals surface area contributed by atoms with Gasteiger partial charge in [0.25, 0.3) is 0 Å². The van der Waals surface area contributed by atoms with Gasteiger partial charge in [-0.3, -0.25) is 4.79 Å². The number of methoxy groups -OCH3 is 1. The SMILES string of the molecule is COC(=O)C1(C)CCC(=Cc2ccc(Cl)cc2)C1(O)Cn1cncn1. The van der Waals surface area contributed by atoms with Gasteiger partial charge in [0.1, 0.15) is 18.3 Å². The first-order valence-corrected chi connectivity index (χ1v) is 8.37. The fourth-order valence-electron chi connectivity index (χ4n) is 3.43. The summed E-state index contributed by atoms with van der Waals surface area (Å²) in [7, 11) is 1.34. The standard InChI is InChI=1S/C18H20ClN3O3/c1-17(16(23)25-2)8-7-14(9-13-3-5-15(19)6-4-13)18(17,24)10-22-12-20-11-21-22/h3-6,9,11-12,24H,7-8,10H2,1-2H3. The summed E-state index contributed by atoms with van der Waals surface area (Å²) >= 11 is 5.94. The molecule has 2 aromatic rings. The van der Waals surface area contributed by atoms with E-state index in [1.807, 2.05) is 18.2 Å². The Morgan fingerprint density at radius 1 is 1.44 bits per heavy atom. The van der Waals surface area contributed by atoms with Gasteiger partial charge in [-0.25, -0.2) is 9.67 Å². The first kappa shape index (κ1) is 17.6. The van der Waals surface area contributed by atoms with Gasteiger partial charge in [0.2, 0.25) is 0 Å². The number of hydrogen-bond acceptors (Lipinski definition) is 5. The molecule has 1 fully saturated rings. The number of esters is 1. The molecule has 1 aliphatic carbocycles. The van der Waals surface area contributed by atoms with E-state index in [4.69, 9.17) is 16.3 Å². The fourth-order valence-corrected chi connectivity index (χ4v) is 3.55. The number of aliphatic hydroxyl groups is 1. The van der Waals surface area contributed by atoms with Crippen LogP contribution in [0.5, 0.6) is 0 Å². The van der Waals surface area contributed by atoms with Crippen LogP contribution in [0.2, 0.25) is 5.02 Å². The Bertz CT molecular complexity index is 788. The number of aromatic nitrogens is 3. The summed E-state index contributed by atoms with van der Waals surface area (Å²) in [5.74, 6) is -0.436. The molecule has 3 rings (SSSR count). The number of hydrogen-bond donors (Lipinski definition) is 1. The minimum atomic E-state index is -1.42. The largest absolute Gasteiger partial charge is 0.469 e. The van der Waals surface area contributed by atoms with Crippen molar-refractivity contribution >= 4 is 23.6 Å². The number of halogens is 1. The number of carbonyl (C=O) groups excluding carboxylic acids is 1. The van der Waals surface area contributed by atoms with Crippen LogP contribution in [0.4, 0.5) is 0 Å². The van der Waals surface area contributed by atoms with Gasteiger partial charge >= 0.3 is 5.97 Å². The molecule has 2 unspecified atom stereocenters. The van der Waals surface area contributed by atoms with Gasteiger partial charge in [-0.15, -0.1) is 0 Å². The topological polar surface area (TPSA) is 77.2 Å². The van der Waals surface area contributed by atoms with E-state index in [-0.39, 0.29) is 6.54 Å². The van der Waals surface area contributed by atoms with Gasteiger partial charge in [0, 0.05) is 5.02 Å². The molecule has 2 atom stereocenters. The number of nitrogens with zero attached hydrogens (tertiary/aromatic N) is 3. The highest BCUT2D eigenvalue weighted by atomic mass is 35.5. The molecule has 0 spiro atoms. The lowest BCUT2D eigenvalue weighted by molar-refractivity contribution is -0.164. The minimum absolute atomic E-state index is 0.123. The summed E-state index contributed by atoms with van der Waals surface area (Å²) in [5.41, 5.74) is -0.817. The van der Waals surface area contributed by atoms with Crippen molar-refractivity contribution in [1.29, 1.82) is 0 Å². The molecule has 1 aromatic heterocycles. The molecule has 1 heterocycles. The van der Waals surface area contributed by atoms with Gasteiger partial charge in [-0.05, 0) is 43.0 Å². The zero-order valence-electron chi connectivity index (χ0n) is 14.1. The second kappa shape index (κ2) is 6.61. The van der Waals surface area contributed by atoms with Crippen LogP contribution in [0.3, 0.4) is 0 Å². The lowest BCUT2D eigenvalue weighted by Gasteiger charge is -2.37. The van der Waals surface area contributed by atoms with E-state index in [9.17, 15) is 9.90 Å². The van der Waals surface area contributed by atoms with Crippen LogP contribution in [0.15, 0.2) is 42.5 Å². The van der Waals surface area contributed by atoms with Crippen molar-refractivity contribution in [2.75, 3.05) is 7.11 Å². The van der Waals surface area contributed by atoms with Crippen LogP contribution < -0.4 is 0 Å². The Morgan fingerprint density at radius 3 is 2.76 bits per heavy atom. The monoisotopic (exact) mass is 361 g/mol. The zero-order chi connectivity index (χ0) is 18.1. The molecular weight excluding hydrogens is 342 g/mol. The highest BCUT2D eigenvalue weighted by Gasteiger charge is 2.59. The van der Waals surface area contributed by atoms with Crippen LogP contribution in [-0.4, -0.2) is 38.6 Å². The van der Waals surface area contributed by atoms with E-state index < -0.39 is 17.0 Å². The highest BCUT2D eigenvalue weighted by molar-refractivity contribution is 6.30. The fraction of sp³-hybridized carbons (Fsp3) is 0.389. The number of ether oxygens (including phenoxy) is 1. The summed E-state index contributed by atoms with van der Waals surface area (Å²) < 4.78 is 6.51. The summed E-state index contributed by atoms with van der Waals surface area (Å²) in [5, 5.41) is 16.3. The van der Waals surface area contributed by atoms with Gasteiger partial charge in [0.15, 0.2) is 0 Å². The van der Waals surface area contributed by atoms with Crippen LogP contribution in [0, 0.1) is 5.41 Å². The molecule has 25 heavy (non-hydrogen) atoms. The maximum absolute atomic E-state index is 12.5. The molecule has 1 aromatic carbocycles. The molecule has 0 radical (unpaired) electrons. The Morgan fingerprint density at radius 2 is 2.16 bits per heavy atom. The third-order valence-electron chi connectivity index (χ3n) is 5.04. The van der Waals surface area contributed by atoms with Crippen LogP contribution >= 0.6 is 11.6 Å². The number of benzene rings is 1. The van der Waals surface area contributed by atoms with Gasteiger partial charge in [-0.2, -0.15) is 5.10 Å². The van der Waals surface area contributed by atoms with Crippen molar-refractivity contribution in [2.24, 2.45) is 5.41 Å². The maximum atomic E-state index is 12.5. The minimum Gasteiger partial charge on any atom is -0.469 e. The van der Waals surface area contributed by atoms with Crippen molar-refractivity contribution in [1.82, 2.24) is 14.8 Å². The average Bonchev–Trinajstić information content (AvgIpc) is 3.19. The summed E-state index contributed by atoms with van der Waals surface area (Å²) in [6.45, 7) is 1.86. The van der Waals surface area contributed by atoms with E-state index >= 15 is 0 Å². The third kappa shape index (κ3) is 3.07. The van der Waals surface area contributed by atoms with E-state index in [2.05, 4.69) is 10.1 Å². The molecule has 1 N–H and O–H groups in total. The Kier molecular flexibility index (Phi) is 4.67. The molecule has 0 amide bonds. The highest BCUT2D eigenvalue weighted by Crippen LogP contribution is 2.51. The van der Waals surface area contributed by atoms with E-state index in [1.54, 1.807) is 19.1 Å². The second-order valence-electron chi connectivity index (χ2n) is 6.50. The molecule has 6 nitrogen and oxygen atoms in total. The zero-order valence-corrected chi connectivity index (χ0v) is 14.9. The van der Waals surface area contributed by atoms with Crippen molar-refractivity contribution in [3.05, 3.63) is 53.1 Å². The van der Waals surface area contributed by atoms with Crippen LogP contribution in [-0.2, 0) is 16.1 Å². The second-order valence-corrected chi connectivity index (χ2v) is 6.93. The van der Waals surface area contributed by atoms with Crippen LogP contribution in [0.1, 0.15) is 25.3 Å². The van der Waals surface area contributed by atoms with E-state index in [1.165, 1.54) is 24.4 Å². The van der Waals surface area contributed by atoms with Gasteiger partial charge < -0.3 is 9.84 Å².